The second-order valence-electron chi connectivity index (χ2n) is 5.29. The summed E-state index contributed by atoms with van der Waals surface area (Å²) < 4.78 is 40.9. The van der Waals surface area contributed by atoms with Crippen molar-refractivity contribution in [1.82, 2.24) is 13.1 Å². The fraction of sp³-hybridized carbons (Fsp3) is 0.538. The summed E-state index contributed by atoms with van der Waals surface area (Å²) >= 11 is 1.03. The van der Waals surface area contributed by atoms with Crippen molar-refractivity contribution < 1.29 is 13.2 Å². The Morgan fingerprint density at radius 2 is 2.19 bits per heavy atom. The fourth-order valence-corrected chi connectivity index (χ4v) is 4.88. The molecule has 3 rings (SSSR count). The Hall–Kier alpha value is -1.09. The predicted octanol–water partition coefficient (Wildman–Crippen LogP) is 1.74. The van der Waals surface area contributed by atoms with Crippen LogP contribution in [0.5, 0.6) is 0 Å². The Morgan fingerprint density at radius 1 is 1.38 bits per heavy atom. The van der Waals surface area contributed by atoms with Crippen LogP contribution in [0, 0.1) is 5.92 Å². The number of piperidine rings is 1. The summed E-state index contributed by atoms with van der Waals surface area (Å²) in [5.74, 6) is 0.359. The van der Waals surface area contributed by atoms with Crippen molar-refractivity contribution in [3.05, 3.63) is 18.2 Å². The van der Waals surface area contributed by atoms with Crippen LogP contribution in [-0.4, -0.2) is 47.8 Å². The number of fused-ring (bicyclic) bond motifs is 1. The molecule has 114 valence electrons. The number of hydrogen-bond donors (Lipinski definition) is 0. The average Bonchev–Trinajstić information content (AvgIpc) is 2.95. The minimum atomic E-state index is -3.57. The standard InChI is InChI=1S/C13H17N3O3S2/c1-9-6-7-16(8-11(9)19-2)21(17,18)12-5-3-4-10-13(12)15-20-14-10/h3-5,9,11H,6-8H2,1-2H3/t9-,11-/m0/s1. The highest BCUT2D eigenvalue weighted by Crippen LogP contribution is 2.28. The van der Waals surface area contributed by atoms with E-state index >= 15 is 0 Å². The second-order valence-corrected chi connectivity index (χ2v) is 7.73. The van der Waals surface area contributed by atoms with Crippen LogP contribution >= 0.6 is 11.7 Å². The molecule has 1 aliphatic rings. The Balaban J connectivity index is 1.99. The van der Waals surface area contributed by atoms with Gasteiger partial charge in [0.15, 0.2) is 0 Å². The van der Waals surface area contributed by atoms with Gasteiger partial charge in [0.2, 0.25) is 10.0 Å². The monoisotopic (exact) mass is 327 g/mol. The van der Waals surface area contributed by atoms with E-state index in [-0.39, 0.29) is 11.0 Å². The van der Waals surface area contributed by atoms with Crippen molar-refractivity contribution in [3.63, 3.8) is 0 Å². The molecule has 0 radical (unpaired) electrons. The van der Waals surface area contributed by atoms with Gasteiger partial charge in [0.05, 0.1) is 17.8 Å². The molecular formula is C13H17N3O3S2. The van der Waals surface area contributed by atoms with E-state index in [1.807, 2.05) is 0 Å². The van der Waals surface area contributed by atoms with Gasteiger partial charge in [-0.3, -0.25) is 0 Å². The lowest BCUT2D eigenvalue weighted by Gasteiger charge is -2.35. The van der Waals surface area contributed by atoms with Crippen molar-refractivity contribution in [3.8, 4) is 0 Å². The minimum absolute atomic E-state index is 0.0683. The lowest BCUT2D eigenvalue weighted by Crippen LogP contribution is -2.46. The van der Waals surface area contributed by atoms with Crippen LogP contribution in [0.25, 0.3) is 11.0 Å². The first kappa shape index (κ1) is 14.8. The van der Waals surface area contributed by atoms with Crippen LogP contribution in [0.3, 0.4) is 0 Å². The molecule has 1 aromatic carbocycles. The molecule has 0 N–H and O–H groups in total. The zero-order valence-electron chi connectivity index (χ0n) is 11.9. The molecule has 1 saturated heterocycles. The Labute approximate surface area is 128 Å². The Kier molecular flexibility index (Phi) is 3.96. The molecule has 6 nitrogen and oxygen atoms in total. The van der Waals surface area contributed by atoms with E-state index in [4.69, 9.17) is 4.74 Å². The molecule has 8 heteroatoms. The van der Waals surface area contributed by atoms with Gasteiger partial charge in [-0.05, 0) is 24.5 Å². The molecule has 0 spiro atoms. The lowest BCUT2D eigenvalue weighted by atomic mass is 9.97. The summed E-state index contributed by atoms with van der Waals surface area (Å²) in [6, 6.07) is 5.07. The molecular weight excluding hydrogens is 310 g/mol. The first-order chi connectivity index (χ1) is 10.0. The molecule has 0 amide bonds. The number of sulfonamides is 1. The molecule has 0 aliphatic carbocycles. The molecule has 21 heavy (non-hydrogen) atoms. The van der Waals surface area contributed by atoms with Gasteiger partial charge in [-0.1, -0.05) is 13.0 Å². The minimum Gasteiger partial charge on any atom is -0.380 e. The molecule has 0 bridgehead atoms. The van der Waals surface area contributed by atoms with Crippen molar-refractivity contribution >= 4 is 32.8 Å². The Bertz CT molecular complexity index is 744. The van der Waals surface area contributed by atoms with Crippen LogP contribution in [0.1, 0.15) is 13.3 Å². The number of nitrogens with zero attached hydrogens (tertiary/aromatic N) is 3. The van der Waals surface area contributed by atoms with Crippen LogP contribution < -0.4 is 0 Å². The van der Waals surface area contributed by atoms with E-state index in [0.29, 0.717) is 30.0 Å². The first-order valence-corrected chi connectivity index (χ1v) is 8.95. The smallest absolute Gasteiger partial charge is 0.245 e. The lowest BCUT2D eigenvalue weighted by molar-refractivity contribution is 0.0184. The number of ether oxygens (including phenoxy) is 1. The summed E-state index contributed by atoms with van der Waals surface area (Å²) in [6.07, 6.45) is 0.726. The van der Waals surface area contributed by atoms with Gasteiger partial charge in [0, 0.05) is 20.2 Å². The maximum atomic E-state index is 12.9. The molecule has 2 atom stereocenters. The van der Waals surface area contributed by atoms with Crippen LogP contribution in [0.4, 0.5) is 0 Å². The highest BCUT2D eigenvalue weighted by molar-refractivity contribution is 7.89. The van der Waals surface area contributed by atoms with Crippen molar-refractivity contribution in [2.75, 3.05) is 20.2 Å². The van der Waals surface area contributed by atoms with Gasteiger partial charge in [-0.25, -0.2) is 8.42 Å². The van der Waals surface area contributed by atoms with E-state index in [2.05, 4.69) is 15.7 Å². The van der Waals surface area contributed by atoms with Crippen molar-refractivity contribution in [2.24, 2.45) is 5.92 Å². The van der Waals surface area contributed by atoms with E-state index in [0.717, 1.165) is 18.1 Å². The largest absolute Gasteiger partial charge is 0.380 e. The number of methoxy groups -OCH3 is 1. The maximum absolute atomic E-state index is 12.9. The van der Waals surface area contributed by atoms with Gasteiger partial charge >= 0.3 is 0 Å². The summed E-state index contributed by atoms with van der Waals surface area (Å²) in [6.45, 7) is 2.98. The quantitative estimate of drug-likeness (QED) is 0.858. The highest BCUT2D eigenvalue weighted by Gasteiger charge is 2.35. The molecule has 0 unspecified atom stereocenters. The number of benzene rings is 1. The third-order valence-corrected chi connectivity index (χ3v) is 6.46. The molecule has 1 fully saturated rings. The van der Waals surface area contributed by atoms with Crippen LogP contribution in [0.2, 0.25) is 0 Å². The molecule has 1 aromatic heterocycles. The topological polar surface area (TPSA) is 72.4 Å². The van der Waals surface area contributed by atoms with E-state index < -0.39 is 10.0 Å². The van der Waals surface area contributed by atoms with E-state index in [1.54, 1.807) is 25.3 Å². The summed E-state index contributed by atoms with van der Waals surface area (Å²) in [7, 11) is -1.94. The van der Waals surface area contributed by atoms with Gasteiger partial charge in [-0.15, -0.1) is 0 Å². The average molecular weight is 327 g/mol. The summed E-state index contributed by atoms with van der Waals surface area (Å²) in [4.78, 5) is 0.234. The summed E-state index contributed by atoms with van der Waals surface area (Å²) in [5, 5.41) is 0. The predicted molar refractivity (Wildman–Crippen MR) is 80.8 cm³/mol. The zero-order chi connectivity index (χ0) is 15.0. The second kappa shape index (κ2) is 5.60. The third kappa shape index (κ3) is 2.57. The zero-order valence-corrected chi connectivity index (χ0v) is 13.5. The molecule has 1 aliphatic heterocycles. The van der Waals surface area contributed by atoms with Gasteiger partial charge < -0.3 is 4.74 Å². The van der Waals surface area contributed by atoms with Crippen LogP contribution in [0.15, 0.2) is 23.1 Å². The van der Waals surface area contributed by atoms with E-state index in [1.165, 1.54) is 4.31 Å². The van der Waals surface area contributed by atoms with Crippen molar-refractivity contribution in [1.29, 1.82) is 0 Å². The maximum Gasteiger partial charge on any atom is 0.245 e. The highest BCUT2D eigenvalue weighted by atomic mass is 32.2. The number of hydrogen-bond acceptors (Lipinski definition) is 6. The third-order valence-electron chi connectivity index (χ3n) is 4.02. The fourth-order valence-electron chi connectivity index (χ4n) is 2.66. The molecule has 0 saturated carbocycles. The number of rotatable bonds is 3. The molecule has 2 aromatic rings. The summed E-state index contributed by atoms with van der Waals surface area (Å²) in [5.41, 5.74) is 1.07. The van der Waals surface area contributed by atoms with Gasteiger partial charge in [0.1, 0.15) is 15.9 Å². The number of aromatic nitrogens is 2. The molecule has 2 heterocycles. The van der Waals surface area contributed by atoms with E-state index in [9.17, 15) is 8.42 Å². The van der Waals surface area contributed by atoms with Crippen molar-refractivity contribution in [2.45, 2.75) is 24.3 Å². The van der Waals surface area contributed by atoms with Crippen LogP contribution in [-0.2, 0) is 14.8 Å². The van der Waals surface area contributed by atoms with Gasteiger partial charge in [0.25, 0.3) is 0 Å². The SMILES string of the molecule is CO[C@H]1CN(S(=O)(=O)c2cccc3nsnc23)CC[C@@H]1C. The van der Waals surface area contributed by atoms with Gasteiger partial charge in [-0.2, -0.15) is 13.1 Å². The normalized spacial score (nSPS) is 24.5. The first-order valence-electron chi connectivity index (χ1n) is 6.78. The Morgan fingerprint density at radius 3 is 2.95 bits per heavy atom.